The normalized spacial score (nSPS) is 18.6. The van der Waals surface area contributed by atoms with Crippen molar-refractivity contribution in [1.82, 2.24) is 20.5 Å². The molecule has 1 aromatic rings. The highest BCUT2D eigenvalue weighted by Gasteiger charge is 2.21. The van der Waals surface area contributed by atoms with Crippen LogP contribution in [0.4, 0.5) is 4.79 Å². The first-order chi connectivity index (χ1) is 10.1. The van der Waals surface area contributed by atoms with E-state index < -0.39 is 5.97 Å². The summed E-state index contributed by atoms with van der Waals surface area (Å²) in [7, 11) is 0. The van der Waals surface area contributed by atoms with Gasteiger partial charge in [-0.25, -0.2) is 14.6 Å². The molecule has 0 radical (unpaired) electrons. The Kier molecular flexibility index (Phi) is 5.51. The van der Waals surface area contributed by atoms with E-state index in [2.05, 4.69) is 27.4 Å². The van der Waals surface area contributed by atoms with Crippen molar-refractivity contribution >= 4 is 23.3 Å². The number of carboxylic acids is 1. The summed E-state index contributed by atoms with van der Waals surface area (Å²) >= 11 is 1.23. The zero-order valence-electron chi connectivity index (χ0n) is 12.0. The Bertz CT molecular complexity index is 505. The maximum atomic E-state index is 11.7. The molecule has 0 saturated carbocycles. The summed E-state index contributed by atoms with van der Waals surface area (Å²) in [5.41, 5.74) is 0.0165. The molecule has 1 aromatic heterocycles. The summed E-state index contributed by atoms with van der Waals surface area (Å²) in [5, 5.41) is 16.4. The number of thiazole rings is 1. The highest BCUT2D eigenvalue weighted by Crippen LogP contribution is 2.14. The zero-order valence-corrected chi connectivity index (χ0v) is 12.8. The lowest BCUT2D eigenvalue weighted by molar-refractivity contribution is 0.0691. The maximum Gasteiger partial charge on any atom is 0.355 e. The minimum atomic E-state index is -1.05. The van der Waals surface area contributed by atoms with E-state index >= 15 is 0 Å². The van der Waals surface area contributed by atoms with Crippen molar-refractivity contribution in [3.63, 3.8) is 0 Å². The van der Waals surface area contributed by atoms with Gasteiger partial charge in [-0.3, -0.25) is 0 Å². The van der Waals surface area contributed by atoms with Gasteiger partial charge >= 0.3 is 12.0 Å². The summed E-state index contributed by atoms with van der Waals surface area (Å²) in [4.78, 5) is 28.7. The fourth-order valence-corrected chi connectivity index (χ4v) is 3.02. The number of carbonyl (C=O) groups excluding carboxylic acids is 1. The van der Waals surface area contributed by atoms with Crippen LogP contribution in [-0.4, -0.2) is 53.2 Å². The van der Waals surface area contributed by atoms with Crippen molar-refractivity contribution < 1.29 is 14.7 Å². The minimum Gasteiger partial charge on any atom is -0.476 e. The van der Waals surface area contributed by atoms with Gasteiger partial charge in [-0.2, -0.15) is 0 Å². The Labute approximate surface area is 127 Å². The van der Waals surface area contributed by atoms with Crippen LogP contribution in [0.25, 0.3) is 0 Å². The lowest BCUT2D eigenvalue weighted by Gasteiger charge is -2.13. The fourth-order valence-electron chi connectivity index (χ4n) is 2.31. The number of amides is 2. The molecule has 21 heavy (non-hydrogen) atoms. The Morgan fingerprint density at radius 3 is 2.95 bits per heavy atom. The predicted octanol–water partition coefficient (Wildman–Crippen LogP) is 0.982. The molecule has 116 valence electrons. The van der Waals surface area contributed by atoms with Crippen molar-refractivity contribution in [2.24, 2.45) is 5.92 Å². The van der Waals surface area contributed by atoms with E-state index in [1.807, 2.05) is 0 Å². The topological polar surface area (TPSA) is 94.6 Å². The van der Waals surface area contributed by atoms with Crippen LogP contribution in [0.2, 0.25) is 0 Å². The molecule has 1 aliphatic heterocycles. The number of nitrogens with one attached hydrogen (secondary N) is 2. The van der Waals surface area contributed by atoms with Crippen LogP contribution in [-0.2, 0) is 6.54 Å². The van der Waals surface area contributed by atoms with Gasteiger partial charge in [0.25, 0.3) is 0 Å². The van der Waals surface area contributed by atoms with Gasteiger partial charge in [-0.15, -0.1) is 11.3 Å². The highest BCUT2D eigenvalue weighted by molar-refractivity contribution is 7.09. The highest BCUT2D eigenvalue weighted by atomic mass is 32.1. The number of nitrogens with zero attached hydrogens (tertiary/aromatic N) is 2. The first-order valence-corrected chi connectivity index (χ1v) is 7.88. The predicted molar refractivity (Wildman–Crippen MR) is 79.5 cm³/mol. The molecule has 2 heterocycles. The Hall–Kier alpha value is -1.67. The molecule has 7 nitrogen and oxygen atoms in total. The second kappa shape index (κ2) is 7.37. The number of carboxylic acid groups (broad SMARTS) is 1. The SMILES string of the molecule is CCN1CCC(CNC(=O)NCc2nc(C(=O)O)cs2)C1. The average Bonchev–Trinajstić information content (AvgIpc) is 3.11. The molecule has 2 amide bonds. The molecule has 1 aliphatic rings. The quantitative estimate of drug-likeness (QED) is 0.728. The molecule has 3 N–H and O–H groups in total. The summed E-state index contributed by atoms with van der Waals surface area (Å²) < 4.78 is 0. The first kappa shape index (κ1) is 15.7. The molecule has 8 heteroatoms. The third kappa shape index (κ3) is 4.68. The second-order valence-electron chi connectivity index (χ2n) is 5.04. The van der Waals surface area contributed by atoms with Crippen LogP contribution in [0.5, 0.6) is 0 Å². The van der Waals surface area contributed by atoms with Gasteiger partial charge in [0.2, 0.25) is 0 Å². The van der Waals surface area contributed by atoms with Crippen molar-refractivity contribution in [1.29, 1.82) is 0 Å². The smallest absolute Gasteiger partial charge is 0.355 e. The number of urea groups is 1. The molecule has 1 fully saturated rings. The van der Waals surface area contributed by atoms with Crippen molar-refractivity contribution in [2.45, 2.75) is 19.9 Å². The van der Waals surface area contributed by atoms with E-state index in [-0.39, 0.29) is 18.3 Å². The Morgan fingerprint density at radius 1 is 1.52 bits per heavy atom. The molecule has 0 aromatic carbocycles. The van der Waals surface area contributed by atoms with Gasteiger partial charge < -0.3 is 20.6 Å². The Morgan fingerprint density at radius 2 is 2.33 bits per heavy atom. The van der Waals surface area contributed by atoms with Crippen LogP contribution in [0.3, 0.4) is 0 Å². The van der Waals surface area contributed by atoms with Crippen LogP contribution in [0.15, 0.2) is 5.38 Å². The number of aromatic nitrogens is 1. The summed E-state index contributed by atoms with van der Waals surface area (Å²) in [6, 6.07) is -0.239. The number of rotatable bonds is 6. The third-order valence-corrected chi connectivity index (χ3v) is 4.39. The maximum absolute atomic E-state index is 11.7. The minimum absolute atomic E-state index is 0.0165. The van der Waals surface area contributed by atoms with Crippen LogP contribution >= 0.6 is 11.3 Å². The molecule has 1 saturated heterocycles. The fraction of sp³-hybridized carbons (Fsp3) is 0.615. The average molecular weight is 312 g/mol. The molecule has 0 bridgehead atoms. The number of hydrogen-bond donors (Lipinski definition) is 3. The van der Waals surface area contributed by atoms with E-state index in [0.29, 0.717) is 17.5 Å². The molecule has 1 unspecified atom stereocenters. The summed E-state index contributed by atoms with van der Waals surface area (Å²) in [6.45, 7) is 6.24. The van der Waals surface area contributed by atoms with Crippen LogP contribution < -0.4 is 10.6 Å². The number of aromatic carboxylic acids is 1. The van der Waals surface area contributed by atoms with Gasteiger partial charge in [0.15, 0.2) is 5.69 Å². The summed E-state index contributed by atoms with van der Waals surface area (Å²) in [5.74, 6) is -0.544. The van der Waals surface area contributed by atoms with Crippen molar-refractivity contribution in [2.75, 3.05) is 26.2 Å². The number of likely N-dealkylation sites (tertiary alicyclic amines) is 1. The molecule has 0 spiro atoms. The number of hydrogen-bond acceptors (Lipinski definition) is 5. The standard InChI is InChI=1S/C13H20N4O3S/c1-2-17-4-3-9(7-17)5-14-13(20)15-6-11-16-10(8-21-11)12(18)19/h8-9H,2-7H2,1H3,(H,18,19)(H2,14,15,20). The molecular formula is C13H20N4O3S. The lowest BCUT2D eigenvalue weighted by Crippen LogP contribution is -2.38. The lowest BCUT2D eigenvalue weighted by atomic mass is 10.1. The second-order valence-corrected chi connectivity index (χ2v) is 5.99. The van der Waals surface area contributed by atoms with Crippen LogP contribution in [0, 0.1) is 5.92 Å². The molecular weight excluding hydrogens is 292 g/mol. The monoisotopic (exact) mass is 312 g/mol. The van der Waals surface area contributed by atoms with Gasteiger partial charge in [-0.05, 0) is 25.4 Å². The van der Waals surface area contributed by atoms with Crippen molar-refractivity contribution in [3.05, 3.63) is 16.1 Å². The van der Waals surface area contributed by atoms with Gasteiger partial charge in [0.1, 0.15) is 5.01 Å². The van der Waals surface area contributed by atoms with E-state index in [0.717, 1.165) is 26.1 Å². The zero-order chi connectivity index (χ0) is 15.2. The van der Waals surface area contributed by atoms with E-state index in [1.165, 1.54) is 16.7 Å². The van der Waals surface area contributed by atoms with E-state index in [4.69, 9.17) is 5.11 Å². The number of carbonyl (C=O) groups is 2. The third-order valence-electron chi connectivity index (χ3n) is 3.54. The molecule has 2 rings (SSSR count). The molecule has 1 atom stereocenters. The van der Waals surface area contributed by atoms with Gasteiger partial charge in [-0.1, -0.05) is 6.92 Å². The summed E-state index contributed by atoms with van der Waals surface area (Å²) in [6.07, 6.45) is 1.11. The largest absolute Gasteiger partial charge is 0.476 e. The van der Waals surface area contributed by atoms with Crippen LogP contribution in [0.1, 0.15) is 28.8 Å². The van der Waals surface area contributed by atoms with E-state index in [9.17, 15) is 9.59 Å². The van der Waals surface area contributed by atoms with Gasteiger partial charge in [0.05, 0.1) is 6.54 Å². The molecule has 0 aliphatic carbocycles. The first-order valence-electron chi connectivity index (χ1n) is 7.00. The van der Waals surface area contributed by atoms with E-state index in [1.54, 1.807) is 0 Å². The van der Waals surface area contributed by atoms with Gasteiger partial charge in [0, 0.05) is 18.5 Å². The Balaban J connectivity index is 1.66. The van der Waals surface area contributed by atoms with Crippen molar-refractivity contribution in [3.8, 4) is 0 Å².